The second-order valence-electron chi connectivity index (χ2n) is 15.4. The van der Waals surface area contributed by atoms with Crippen molar-refractivity contribution in [3.05, 3.63) is 192 Å². The normalized spacial score (nSPS) is 19.3. The van der Waals surface area contributed by atoms with Crippen molar-refractivity contribution in [1.82, 2.24) is 0 Å². The van der Waals surface area contributed by atoms with E-state index in [1.54, 1.807) is 0 Å². The van der Waals surface area contributed by atoms with E-state index in [0.717, 1.165) is 43.1 Å². The van der Waals surface area contributed by atoms with Crippen LogP contribution in [0.4, 0.5) is 0 Å². The van der Waals surface area contributed by atoms with Gasteiger partial charge in [0.2, 0.25) is 0 Å². The van der Waals surface area contributed by atoms with Gasteiger partial charge in [-0.05, 0) is 103 Å². The maximum atomic E-state index is 12.0. The van der Waals surface area contributed by atoms with Crippen molar-refractivity contribution < 1.29 is 39.4 Å². The van der Waals surface area contributed by atoms with Gasteiger partial charge < -0.3 is 39.4 Å². The first kappa shape index (κ1) is 38.8. The van der Waals surface area contributed by atoms with Gasteiger partial charge in [0.05, 0.1) is 0 Å². The molecule has 8 aromatic carbocycles. The monoisotopic (exact) mass is 796 g/mol. The zero-order valence-corrected chi connectivity index (χ0v) is 32.8. The van der Waals surface area contributed by atoms with E-state index in [4.69, 9.17) is 18.9 Å². The van der Waals surface area contributed by atoms with Gasteiger partial charge >= 0.3 is 0 Å². The number of fused-ring (bicyclic) bond motifs is 8. The summed E-state index contributed by atoms with van der Waals surface area (Å²) in [5.41, 5.74) is 2.67. The van der Waals surface area contributed by atoms with E-state index in [2.05, 4.69) is 13.2 Å². The third-order valence-electron chi connectivity index (χ3n) is 11.1. The third kappa shape index (κ3) is 7.77. The topological polar surface area (TPSA) is 118 Å². The summed E-state index contributed by atoms with van der Waals surface area (Å²) >= 11 is 0. The molecule has 0 aliphatic carbocycles. The molecule has 0 fully saturated rings. The molecule has 0 saturated carbocycles. The fraction of sp³-hybridized carbons (Fsp3) is 0.154. The van der Waals surface area contributed by atoms with E-state index in [1.807, 2.05) is 146 Å². The van der Waals surface area contributed by atoms with Crippen LogP contribution in [0.25, 0.3) is 43.1 Å². The van der Waals surface area contributed by atoms with Crippen LogP contribution in [-0.4, -0.2) is 46.9 Å². The molecule has 4 N–H and O–H groups in total. The molecule has 4 atom stereocenters. The van der Waals surface area contributed by atoms with Crippen LogP contribution in [-0.2, 0) is 0 Å². The summed E-state index contributed by atoms with van der Waals surface area (Å²) in [5.74, 6) is 1.48. The average molecular weight is 797 g/mol. The Morgan fingerprint density at radius 1 is 0.317 bits per heavy atom. The molecule has 0 saturated heterocycles. The number of hydrogen-bond acceptors (Lipinski definition) is 8. The summed E-state index contributed by atoms with van der Waals surface area (Å²) < 4.78 is 25.5. The van der Waals surface area contributed by atoms with E-state index in [0.29, 0.717) is 56.4 Å². The molecule has 1 aliphatic rings. The van der Waals surface area contributed by atoms with Crippen molar-refractivity contribution in [2.75, 3.05) is 26.4 Å². The molecule has 60 heavy (non-hydrogen) atoms. The molecule has 300 valence electrons. The summed E-state index contributed by atoms with van der Waals surface area (Å²) in [5, 5.41) is 55.2. The molecule has 1 heterocycles. The third-order valence-corrected chi connectivity index (χ3v) is 11.1. The second kappa shape index (κ2) is 16.5. The highest BCUT2D eigenvalue weighted by Gasteiger charge is 2.30. The maximum Gasteiger partial charge on any atom is 0.126 e. The minimum atomic E-state index is -1.42. The van der Waals surface area contributed by atoms with Gasteiger partial charge in [0.25, 0.3) is 0 Å². The Bertz CT molecular complexity index is 2530. The molecule has 9 rings (SSSR count). The predicted molar refractivity (Wildman–Crippen MR) is 236 cm³/mol. The Labute approximate surface area is 347 Å². The van der Waals surface area contributed by atoms with E-state index < -0.39 is 24.4 Å². The lowest BCUT2D eigenvalue weighted by Crippen LogP contribution is -2.17. The number of benzene rings is 8. The maximum absolute atomic E-state index is 12.0. The lowest BCUT2D eigenvalue weighted by atomic mass is 9.93. The predicted octanol–water partition coefficient (Wildman–Crippen LogP) is 10.2. The van der Waals surface area contributed by atoms with E-state index >= 15 is 0 Å². The number of ether oxygens (including phenoxy) is 4. The minimum absolute atomic E-state index is 0.0203. The highest BCUT2D eigenvalue weighted by molar-refractivity contribution is 5.88. The summed E-state index contributed by atoms with van der Waals surface area (Å²) in [6, 6.07) is 45.6. The number of aliphatic hydroxyl groups is 4. The van der Waals surface area contributed by atoms with Crippen molar-refractivity contribution in [3.63, 3.8) is 0 Å². The molecule has 4 unspecified atom stereocenters. The Morgan fingerprint density at radius 3 is 0.700 bits per heavy atom. The number of rotatable bonds is 0. The SMILES string of the molecule is C=C1COc2cc3ccccc3cc2C(O)C(O)c2cc3ccccc3cc2OCC(=C)COc2cc3ccccc3cc2C(O)C(O)c2cc3ccccc3cc2OC1. The second-order valence-corrected chi connectivity index (χ2v) is 15.4. The van der Waals surface area contributed by atoms with Gasteiger partial charge in [-0.15, -0.1) is 0 Å². The van der Waals surface area contributed by atoms with Crippen molar-refractivity contribution in [2.45, 2.75) is 24.4 Å². The fourth-order valence-electron chi connectivity index (χ4n) is 7.86. The van der Waals surface area contributed by atoms with Crippen molar-refractivity contribution in [2.24, 2.45) is 0 Å². The van der Waals surface area contributed by atoms with Crippen LogP contribution in [0.2, 0.25) is 0 Å². The molecule has 0 radical (unpaired) electrons. The number of hydrogen-bond donors (Lipinski definition) is 4. The van der Waals surface area contributed by atoms with Crippen LogP contribution in [0.3, 0.4) is 0 Å². The van der Waals surface area contributed by atoms with Crippen LogP contribution in [0.5, 0.6) is 23.0 Å². The highest BCUT2D eigenvalue weighted by Crippen LogP contribution is 2.43. The molecular formula is C52H44O8. The lowest BCUT2D eigenvalue weighted by molar-refractivity contribution is 0.0137. The zero-order chi connectivity index (χ0) is 41.3. The summed E-state index contributed by atoms with van der Waals surface area (Å²) in [4.78, 5) is 0. The first-order valence-electron chi connectivity index (χ1n) is 19.9. The average Bonchev–Trinajstić information content (AvgIpc) is 3.28. The Hall–Kier alpha value is -6.68. The largest absolute Gasteiger partial charge is 0.489 e. The smallest absolute Gasteiger partial charge is 0.126 e. The van der Waals surface area contributed by atoms with Crippen LogP contribution < -0.4 is 18.9 Å². The molecular weight excluding hydrogens is 753 g/mol. The first-order chi connectivity index (χ1) is 29.2. The quantitative estimate of drug-likeness (QED) is 0.112. The van der Waals surface area contributed by atoms with E-state index in [-0.39, 0.29) is 26.4 Å². The molecule has 8 heteroatoms. The van der Waals surface area contributed by atoms with E-state index in [1.165, 1.54) is 0 Å². The Balaban J connectivity index is 1.14. The van der Waals surface area contributed by atoms with Crippen LogP contribution in [0.1, 0.15) is 46.7 Å². The van der Waals surface area contributed by atoms with Gasteiger partial charge in [0.1, 0.15) is 73.8 Å². The number of aliphatic hydroxyl groups excluding tert-OH is 4. The van der Waals surface area contributed by atoms with Gasteiger partial charge in [-0.2, -0.15) is 0 Å². The van der Waals surface area contributed by atoms with Crippen molar-refractivity contribution in [3.8, 4) is 23.0 Å². The van der Waals surface area contributed by atoms with Gasteiger partial charge in [0, 0.05) is 22.3 Å². The van der Waals surface area contributed by atoms with Crippen molar-refractivity contribution >= 4 is 43.1 Å². The fourth-order valence-corrected chi connectivity index (χ4v) is 7.86. The zero-order valence-electron chi connectivity index (χ0n) is 32.8. The van der Waals surface area contributed by atoms with E-state index in [9.17, 15) is 20.4 Å². The molecule has 0 aromatic heterocycles. The van der Waals surface area contributed by atoms with Crippen molar-refractivity contribution in [1.29, 1.82) is 0 Å². The van der Waals surface area contributed by atoms with Gasteiger partial charge in [0.15, 0.2) is 0 Å². The molecule has 8 nitrogen and oxygen atoms in total. The Morgan fingerprint density at radius 2 is 0.500 bits per heavy atom. The first-order valence-corrected chi connectivity index (χ1v) is 19.9. The lowest BCUT2D eigenvalue weighted by Gasteiger charge is -2.26. The van der Waals surface area contributed by atoms with Gasteiger partial charge in [-0.25, -0.2) is 0 Å². The molecule has 0 amide bonds. The standard InChI is InChI=1S/C52H44O8/c1-31-27-57-45-23-37-15-7-3-11-33(37)19-41(45)49(53)51(55)43-21-35-13-5-9-17-39(35)25-47(43)59-29-32(2)30-60-48-26-40-18-10-6-14-36(40)22-44(48)52(56)50(54)42-20-34-12-4-8-16-38(34)24-46(42)58-28-31/h3-26,49-56H,1-2,27-30H2. The molecule has 0 bridgehead atoms. The summed E-state index contributed by atoms with van der Waals surface area (Å²) in [7, 11) is 0. The summed E-state index contributed by atoms with van der Waals surface area (Å²) in [6.07, 6.45) is -5.66. The molecule has 1 aliphatic heterocycles. The summed E-state index contributed by atoms with van der Waals surface area (Å²) in [6.45, 7) is 8.55. The van der Waals surface area contributed by atoms with Gasteiger partial charge in [-0.1, -0.05) is 110 Å². The Kier molecular flexibility index (Phi) is 10.7. The highest BCUT2D eigenvalue weighted by atomic mass is 16.5. The van der Waals surface area contributed by atoms with Crippen LogP contribution in [0, 0.1) is 0 Å². The van der Waals surface area contributed by atoms with Crippen LogP contribution in [0.15, 0.2) is 170 Å². The van der Waals surface area contributed by atoms with Crippen LogP contribution >= 0.6 is 0 Å². The van der Waals surface area contributed by atoms with Gasteiger partial charge in [-0.3, -0.25) is 0 Å². The molecule has 0 spiro atoms. The molecule has 8 aromatic rings. The minimum Gasteiger partial charge on any atom is -0.489 e.